The molecule has 112 valence electrons. The van der Waals surface area contributed by atoms with Crippen LogP contribution in [0.25, 0.3) is 0 Å². The number of aryl methyl sites for hydroxylation is 1. The molecule has 1 saturated heterocycles. The Morgan fingerprint density at radius 1 is 1.30 bits per heavy atom. The summed E-state index contributed by atoms with van der Waals surface area (Å²) in [5.74, 6) is 0.415. The summed E-state index contributed by atoms with van der Waals surface area (Å²) in [5, 5.41) is 3.71. The van der Waals surface area contributed by atoms with E-state index in [1.54, 1.807) is 0 Å². The van der Waals surface area contributed by atoms with E-state index in [1.165, 1.54) is 9.75 Å². The van der Waals surface area contributed by atoms with Crippen molar-refractivity contribution >= 4 is 17.2 Å². The van der Waals surface area contributed by atoms with Gasteiger partial charge in [0.15, 0.2) is 0 Å². The average molecular weight is 294 g/mol. The second-order valence-electron chi connectivity index (χ2n) is 6.09. The highest BCUT2D eigenvalue weighted by molar-refractivity contribution is 7.12. The highest BCUT2D eigenvalue weighted by Crippen LogP contribution is 2.24. The largest absolute Gasteiger partial charge is 0.342 e. The van der Waals surface area contributed by atoms with E-state index in [0.717, 1.165) is 25.9 Å². The summed E-state index contributed by atoms with van der Waals surface area (Å²) in [4.78, 5) is 16.7. The van der Waals surface area contributed by atoms with Gasteiger partial charge in [0.1, 0.15) is 0 Å². The van der Waals surface area contributed by atoms with Crippen LogP contribution >= 0.6 is 11.3 Å². The molecule has 0 radical (unpaired) electrons. The Hall–Kier alpha value is -0.870. The molecule has 0 spiro atoms. The first-order valence-corrected chi connectivity index (χ1v) is 8.40. The predicted molar refractivity (Wildman–Crippen MR) is 85.0 cm³/mol. The summed E-state index contributed by atoms with van der Waals surface area (Å²) in [6.45, 7) is 10.1. The minimum atomic E-state index is 0.118. The van der Waals surface area contributed by atoms with Gasteiger partial charge in [-0.1, -0.05) is 13.8 Å². The van der Waals surface area contributed by atoms with Crippen LogP contribution in [-0.2, 0) is 4.79 Å². The highest BCUT2D eigenvalue weighted by Gasteiger charge is 2.25. The van der Waals surface area contributed by atoms with Crippen LogP contribution in [-0.4, -0.2) is 29.9 Å². The molecular formula is C16H26N2OS. The van der Waals surface area contributed by atoms with E-state index in [9.17, 15) is 4.79 Å². The zero-order valence-electron chi connectivity index (χ0n) is 13.0. The van der Waals surface area contributed by atoms with Gasteiger partial charge >= 0.3 is 0 Å². The van der Waals surface area contributed by atoms with Crippen LogP contribution in [0.4, 0.5) is 0 Å². The molecule has 1 aliphatic heterocycles. The Balaban J connectivity index is 1.81. The third-order valence-corrected chi connectivity index (χ3v) is 5.16. The standard InChI is InChI=1S/C16H26N2OS/c1-11(2)16(19)18-9-7-14(8-10-18)17-13(4)15-6-5-12(3)20-15/h5-6,11,13-14,17H,7-10H2,1-4H3. The van der Waals surface area contributed by atoms with E-state index in [1.807, 2.05) is 30.1 Å². The Kier molecular flexibility index (Phi) is 5.22. The number of thiophene rings is 1. The molecule has 1 unspecified atom stereocenters. The molecule has 1 amide bonds. The Morgan fingerprint density at radius 3 is 2.45 bits per heavy atom. The summed E-state index contributed by atoms with van der Waals surface area (Å²) in [5.41, 5.74) is 0. The first-order chi connectivity index (χ1) is 9.47. The van der Waals surface area contributed by atoms with Gasteiger partial charge in [-0.15, -0.1) is 11.3 Å². The Labute approximate surface area is 126 Å². The van der Waals surface area contributed by atoms with Crippen LogP contribution in [0.15, 0.2) is 12.1 Å². The summed E-state index contributed by atoms with van der Waals surface area (Å²) in [6, 6.07) is 5.34. The van der Waals surface area contributed by atoms with Crippen molar-refractivity contribution in [1.82, 2.24) is 10.2 Å². The molecule has 2 rings (SSSR count). The van der Waals surface area contributed by atoms with E-state index in [0.29, 0.717) is 18.0 Å². The Morgan fingerprint density at radius 2 is 1.95 bits per heavy atom. The van der Waals surface area contributed by atoms with Crippen molar-refractivity contribution in [2.75, 3.05) is 13.1 Å². The van der Waals surface area contributed by atoms with Gasteiger partial charge < -0.3 is 10.2 Å². The molecule has 0 aliphatic carbocycles. The lowest BCUT2D eigenvalue weighted by Crippen LogP contribution is -2.46. The van der Waals surface area contributed by atoms with Gasteiger partial charge in [-0.3, -0.25) is 4.79 Å². The lowest BCUT2D eigenvalue weighted by Gasteiger charge is -2.34. The molecule has 1 N–H and O–H groups in total. The average Bonchev–Trinajstić information content (AvgIpc) is 2.85. The van der Waals surface area contributed by atoms with Gasteiger partial charge in [0.2, 0.25) is 5.91 Å². The fraction of sp³-hybridized carbons (Fsp3) is 0.688. The molecule has 2 heterocycles. The maximum absolute atomic E-state index is 12.0. The maximum Gasteiger partial charge on any atom is 0.225 e. The second kappa shape index (κ2) is 6.72. The molecular weight excluding hydrogens is 268 g/mol. The molecule has 0 bridgehead atoms. The van der Waals surface area contributed by atoms with Crippen LogP contribution in [0.3, 0.4) is 0 Å². The summed E-state index contributed by atoms with van der Waals surface area (Å²) < 4.78 is 0. The van der Waals surface area contributed by atoms with Crippen LogP contribution in [0.2, 0.25) is 0 Å². The first-order valence-electron chi connectivity index (χ1n) is 7.58. The van der Waals surface area contributed by atoms with Gasteiger partial charge in [-0.05, 0) is 38.8 Å². The van der Waals surface area contributed by atoms with Gasteiger partial charge in [-0.2, -0.15) is 0 Å². The monoisotopic (exact) mass is 294 g/mol. The molecule has 0 aromatic carbocycles. The molecule has 1 fully saturated rings. The topological polar surface area (TPSA) is 32.3 Å². The van der Waals surface area contributed by atoms with Crippen molar-refractivity contribution in [3.8, 4) is 0 Å². The minimum Gasteiger partial charge on any atom is -0.342 e. The highest BCUT2D eigenvalue weighted by atomic mass is 32.1. The molecule has 20 heavy (non-hydrogen) atoms. The minimum absolute atomic E-state index is 0.118. The van der Waals surface area contributed by atoms with Gasteiger partial charge in [-0.25, -0.2) is 0 Å². The van der Waals surface area contributed by atoms with Crippen molar-refractivity contribution in [2.24, 2.45) is 5.92 Å². The number of nitrogens with one attached hydrogen (secondary N) is 1. The lowest BCUT2D eigenvalue weighted by atomic mass is 10.0. The van der Waals surface area contributed by atoms with Crippen molar-refractivity contribution in [3.63, 3.8) is 0 Å². The van der Waals surface area contributed by atoms with E-state index >= 15 is 0 Å². The van der Waals surface area contributed by atoms with E-state index in [-0.39, 0.29) is 5.92 Å². The van der Waals surface area contributed by atoms with E-state index in [4.69, 9.17) is 0 Å². The number of carbonyl (C=O) groups excluding carboxylic acids is 1. The maximum atomic E-state index is 12.0. The van der Waals surface area contributed by atoms with Gasteiger partial charge in [0.05, 0.1) is 0 Å². The van der Waals surface area contributed by atoms with Crippen LogP contribution in [0.5, 0.6) is 0 Å². The summed E-state index contributed by atoms with van der Waals surface area (Å²) in [7, 11) is 0. The molecule has 1 aromatic rings. The van der Waals surface area contributed by atoms with Gasteiger partial charge in [0.25, 0.3) is 0 Å². The fourth-order valence-electron chi connectivity index (χ4n) is 2.75. The van der Waals surface area contributed by atoms with E-state index in [2.05, 4.69) is 31.3 Å². The third-order valence-electron chi connectivity index (χ3n) is 3.97. The molecule has 3 nitrogen and oxygen atoms in total. The molecule has 1 aliphatic rings. The van der Waals surface area contributed by atoms with Gasteiger partial charge in [0, 0.05) is 40.8 Å². The van der Waals surface area contributed by atoms with Crippen molar-refractivity contribution in [2.45, 2.75) is 52.6 Å². The quantitative estimate of drug-likeness (QED) is 0.923. The zero-order chi connectivity index (χ0) is 14.7. The number of likely N-dealkylation sites (tertiary alicyclic amines) is 1. The van der Waals surface area contributed by atoms with Crippen LogP contribution < -0.4 is 5.32 Å². The number of hydrogen-bond donors (Lipinski definition) is 1. The summed E-state index contributed by atoms with van der Waals surface area (Å²) in [6.07, 6.45) is 2.13. The van der Waals surface area contributed by atoms with Crippen molar-refractivity contribution in [3.05, 3.63) is 21.9 Å². The first kappa shape index (κ1) is 15.5. The van der Waals surface area contributed by atoms with E-state index < -0.39 is 0 Å². The van der Waals surface area contributed by atoms with Crippen molar-refractivity contribution in [1.29, 1.82) is 0 Å². The molecule has 1 aromatic heterocycles. The van der Waals surface area contributed by atoms with Crippen molar-refractivity contribution < 1.29 is 4.79 Å². The smallest absolute Gasteiger partial charge is 0.225 e. The zero-order valence-corrected chi connectivity index (χ0v) is 13.8. The number of hydrogen-bond acceptors (Lipinski definition) is 3. The third kappa shape index (κ3) is 3.83. The normalized spacial score (nSPS) is 18.6. The number of amides is 1. The van der Waals surface area contributed by atoms with Crippen LogP contribution in [0, 0.1) is 12.8 Å². The Bertz CT molecular complexity index is 447. The SMILES string of the molecule is Cc1ccc(C(C)NC2CCN(C(=O)C(C)C)CC2)s1. The number of rotatable bonds is 4. The van der Waals surface area contributed by atoms with Crippen LogP contribution in [0.1, 0.15) is 49.4 Å². The summed E-state index contributed by atoms with van der Waals surface area (Å²) >= 11 is 1.87. The number of carbonyl (C=O) groups is 1. The molecule has 0 saturated carbocycles. The fourth-order valence-corrected chi connectivity index (χ4v) is 3.64. The predicted octanol–water partition coefficient (Wildman–Crippen LogP) is 3.35. The molecule has 1 atom stereocenters. The number of piperidine rings is 1. The lowest BCUT2D eigenvalue weighted by molar-refractivity contribution is -0.135. The molecule has 4 heteroatoms. The number of nitrogens with zero attached hydrogens (tertiary/aromatic N) is 1. The second-order valence-corrected chi connectivity index (χ2v) is 7.41.